The molecule has 11 atom stereocenters. The SMILES string of the molecule is CC(=O)O[C@H]1C[C@]2(C)[C@@H]3C(=CC(=O)[C@]2(O)C[C@H]1O)[C@]1(O)CC[C@H]([C@H](C)[C@H](O)CCC(C)(C)O)[C@@]1(C)C[C@H]3O. The van der Waals surface area contributed by atoms with E-state index in [1.165, 1.54) is 13.0 Å². The number of hydrogen-bond acceptors (Lipinski definition) is 9. The zero-order valence-corrected chi connectivity index (χ0v) is 23.5. The largest absolute Gasteiger partial charge is 0.460 e. The summed E-state index contributed by atoms with van der Waals surface area (Å²) in [7, 11) is 0. The third-order valence-corrected chi connectivity index (χ3v) is 10.9. The highest BCUT2D eigenvalue weighted by atomic mass is 16.6. The fourth-order valence-electron chi connectivity index (χ4n) is 8.69. The molecule has 38 heavy (non-hydrogen) atoms. The van der Waals surface area contributed by atoms with Gasteiger partial charge in [-0.25, -0.2) is 0 Å². The number of aliphatic hydroxyl groups excluding tert-OH is 3. The predicted octanol–water partition coefficient (Wildman–Crippen LogP) is 1.40. The van der Waals surface area contributed by atoms with E-state index in [0.717, 1.165) is 0 Å². The topological polar surface area (TPSA) is 165 Å². The second kappa shape index (κ2) is 9.35. The van der Waals surface area contributed by atoms with Crippen LogP contribution in [0.5, 0.6) is 0 Å². The first-order chi connectivity index (χ1) is 17.3. The molecule has 3 saturated carbocycles. The van der Waals surface area contributed by atoms with E-state index in [2.05, 4.69) is 0 Å². The molecule has 9 nitrogen and oxygen atoms in total. The number of rotatable bonds is 6. The Kier molecular flexibility index (Phi) is 7.29. The van der Waals surface area contributed by atoms with Crippen LogP contribution in [0.25, 0.3) is 0 Å². The normalized spacial score (nSPS) is 46.4. The van der Waals surface area contributed by atoms with Gasteiger partial charge < -0.3 is 35.4 Å². The third kappa shape index (κ3) is 4.29. The van der Waals surface area contributed by atoms with Gasteiger partial charge in [0.25, 0.3) is 0 Å². The van der Waals surface area contributed by atoms with Crippen molar-refractivity contribution in [1.29, 1.82) is 0 Å². The van der Waals surface area contributed by atoms with E-state index < -0.39 is 69.7 Å². The van der Waals surface area contributed by atoms with Gasteiger partial charge in [0.05, 0.1) is 29.5 Å². The number of ether oxygens (including phenoxy) is 1. The number of fused-ring (bicyclic) bond motifs is 5. The molecule has 0 heterocycles. The molecule has 6 N–H and O–H groups in total. The minimum Gasteiger partial charge on any atom is -0.460 e. The highest BCUT2D eigenvalue weighted by molar-refractivity contribution is 6.00. The van der Waals surface area contributed by atoms with Crippen LogP contribution in [-0.2, 0) is 14.3 Å². The van der Waals surface area contributed by atoms with Crippen LogP contribution < -0.4 is 0 Å². The smallest absolute Gasteiger partial charge is 0.302 e. The van der Waals surface area contributed by atoms with E-state index in [-0.39, 0.29) is 31.1 Å². The molecule has 4 aliphatic rings. The summed E-state index contributed by atoms with van der Waals surface area (Å²) >= 11 is 0. The summed E-state index contributed by atoms with van der Waals surface area (Å²) in [5, 5.41) is 67.5. The van der Waals surface area contributed by atoms with E-state index in [4.69, 9.17) is 4.74 Å². The molecule has 3 fully saturated rings. The highest BCUT2D eigenvalue weighted by Crippen LogP contribution is 2.69. The summed E-state index contributed by atoms with van der Waals surface area (Å²) in [4.78, 5) is 25.2. The van der Waals surface area contributed by atoms with Crippen molar-refractivity contribution in [2.75, 3.05) is 0 Å². The fourth-order valence-corrected chi connectivity index (χ4v) is 8.69. The number of hydrogen-bond donors (Lipinski definition) is 6. The summed E-state index contributed by atoms with van der Waals surface area (Å²) < 4.78 is 5.35. The number of carbonyl (C=O) groups excluding carboxylic acids is 2. The molecular weight excluding hydrogens is 492 g/mol. The Balaban J connectivity index is 1.71. The first-order valence-electron chi connectivity index (χ1n) is 14.0. The average Bonchev–Trinajstić information content (AvgIpc) is 3.04. The first kappa shape index (κ1) is 29.6. The number of ketones is 1. The number of aliphatic hydroxyl groups is 6. The molecule has 0 aliphatic heterocycles. The Bertz CT molecular complexity index is 1000. The van der Waals surface area contributed by atoms with Crippen LogP contribution in [0.2, 0.25) is 0 Å². The average molecular weight is 539 g/mol. The summed E-state index contributed by atoms with van der Waals surface area (Å²) in [5.41, 5.74) is -6.10. The minimum atomic E-state index is -1.99. The maximum atomic E-state index is 13.5. The summed E-state index contributed by atoms with van der Waals surface area (Å²) in [5.74, 6) is -2.40. The van der Waals surface area contributed by atoms with Crippen LogP contribution in [0.4, 0.5) is 0 Å². The van der Waals surface area contributed by atoms with Gasteiger partial charge in [0.15, 0.2) is 5.78 Å². The molecule has 0 amide bonds. The van der Waals surface area contributed by atoms with Gasteiger partial charge in [0.1, 0.15) is 11.7 Å². The van der Waals surface area contributed by atoms with Gasteiger partial charge in [-0.2, -0.15) is 0 Å². The molecule has 0 aromatic heterocycles. The Labute approximate surface area is 224 Å². The zero-order chi connectivity index (χ0) is 28.6. The van der Waals surface area contributed by atoms with Crippen LogP contribution in [-0.4, -0.2) is 83.6 Å². The molecule has 0 spiro atoms. The second-order valence-corrected chi connectivity index (χ2v) is 13.8. The lowest BCUT2D eigenvalue weighted by Crippen LogP contribution is -2.71. The van der Waals surface area contributed by atoms with Gasteiger partial charge in [-0.05, 0) is 75.9 Å². The van der Waals surface area contributed by atoms with Crippen LogP contribution in [0.1, 0.15) is 86.5 Å². The van der Waals surface area contributed by atoms with Crippen molar-refractivity contribution < 1.29 is 45.0 Å². The van der Waals surface area contributed by atoms with Gasteiger partial charge in [-0.3, -0.25) is 9.59 Å². The lowest BCUT2D eigenvalue weighted by molar-refractivity contribution is -0.227. The Hall–Kier alpha value is -1.36. The Morgan fingerprint density at radius 1 is 1.11 bits per heavy atom. The van der Waals surface area contributed by atoms with Crippen molar-refractivity contribution in [1.82, 2.24) is 0 Å². The summed E-state index contributed by atoms with van der Waals surface area (Å²) in [6, 6.07) is 0. The summed E-state index contributed by atoms with van der Waals surface area (Å²) in [6.45, 7) is 10.1. The molecule has 9 heteroatoms. The van der Waals surface area contributed by atoms with Gasteiger partial charge in [0.2, 0.25) is 0 Å². The van der Waals surface area contributed by atoms with E-state index in [9.17, 15) is 40.2 Å². The van der Waals surface area contributed by atoms with Gasteiger partial charge in [0, 0.05) is 30.1 Å². The molecule has 0 aromatic rings. The van der Waals surface area contributed by atoms with Crippen LogP contribution >= 0.6 is 0 Å². The molecule has 0 aromatic carbocycles. The Morgan fingerprint density at radius 2 is 1.74 bits per heavy atom. The quantitative estimate of drug-likeness (QED) is 0.274. The van der Waals surface area contributed by atoms with E-state index >= 15 is 0 Å². The zero-order valence-electron chi connectivity index (χ0n) is 23.5. The van der Waals surface area contributed by atoms with Crippen molar-refractivity contribution in [2.24, 2.45) is 28.6 Å². The molecule has 0 unspecified atom stereocenters. The van der Waals surface area contributed by atoms with Gasteiger partial charge in [-0.1, -0.05) is 20.8 Å². The van der Waals surface area contributed by atoms with Crippen LogP contribution in [0.3, 0.4) is 0 Å². The summed E-state index contributed by atoms with van der Waals surface area (Å²) in [6.07, 6.45) is -1.11. The van der Waals surface area contributed by atoms with Crippen molar-refractivity contribution in [3.05, 3.63) is 11.6 Å². The molecule has 216 valence electrons. The Morgan fingerprint density at radius 3 is 2.32 bits per heavy atom. The van der Waals surface area contributed by atoms with Crippen molar-refractivity contribution >= 4 is 11.8 Å². The van der Waals surface area contributed by atoms with Gasteiger partial charge in [-0.15, -0.1) is 0 Å². The first-order valence-corrected chi connectivity index (χ1v) is 14.0. The van der Waals surface area contributed by atoms with Crippen LogP contribution in [0.15, 0.2) is 11.6 Å². The molecule has 4 aliphatic carbocycles. The maximum Gasteiger partial charge on any atom is 0.302 e. The van der Waals surface area contributed by atoms with Crippen molar-refractivity contribution in [2.45, 2.75) is 128 Å². The van der Waals surface area contributed by atoms with Crippen molar-refractivity contribution in [3.8, 4) is 0 Å². The van der Waals surface area contributed by atoms with Crippen LogP contribution in [0, 0.1) is 28.6 Å². The highest BCUT2D eigenvalue weighted by Gasteiger charge is 2.73. The fraction of sp³-hybridized carbons (Fsp3) is 0.862. The van der Waals surface area contributed by atoms with Crippen molar-refractivity contribution in [3.63, 3.8) is 0 Å². The molecule has 0 radical (unpaired) electrons. The lowest BCUT2D eigenvalue weighted by atomic mass is 9.43. The number of carbonyl (C=O) groups is 2. The van der Waals surface area contributed by atoms with E-state index in [1.807, 2.05) is 13.8 Å². The standard InChI is InChI=1S/C29H46O9/c1-15(19(31)8-9-25(3,4)35)17-7-10-28(36)18-11-23(34)29(37)13-20(32)22(38-16(2)30)14-27(29,6)24(18)21(33)12-26(17,28)5/h11,15,17,19-22,24,31-33,35-37H,7-10,12-14H2,1-6H3/t15-,17+,19+,20+,21+,22-,24+,26+,27+,28+,29+/m0/s1. The van der Waals surface area contributed by atoms with Gasteiger partial charge >= 0.3 is 5.97 Å². The van der Waals surface area contributed by atoms with E-state index in [0.29, 0.717) is 31.3 Å². The predicted molar refractivity (Wildman–Crippen MR) is 138 cm³/mol. The third-order valence-electron chi connectivity index (χ3n) is 10.9. The minimum absolute atomic E-state index is 0.0443. The maximum absolute atomic E-state index is 13.5. The molecular formula is C29H46O9. The molecule has 0 saturated heterocycles. The second-order valence-electron chi connectivity index (χ2n) is 13.8. The lowest BCUT2D eigenvalue weighted by Gasteiger charge is -2.63. The molecule has 0 bridgehead atoms. The van der Waals surface area contributed by atoms with E-state index in [1.54, 1.807) is 20.8 Å². The number of esters is 1. The molecule has 4 rings (SSSR count). The monoisotopic (exact) mass is 538 g/mol.